The summed E-state index contributed by atoms with van der Waals surface area (Å²) in [5.74, 6) is 0. The summed E-state index contributed by atoms with van der Waals surface area (Å²) in [6.45, 7) is 4.27. The molecule has 1 saturated heterocycles. The first-order valence-electron chi connectivity index (χ1n) is 6.15. The molecule has 0 saturated carbocycles. The van der Waals surface area contributed by atoms with Crippen LogP contribution in [-0.2, 0) is 14.2 Å². The molecule has 0 aromatic heterocycles. The van der Waals surface area contributed by atoms with E-state index < -0.39 is 0 Å². The molecule has 0 radical (unpaired) electrons. The molecule has 1 fully saturated rings. The summed E-state index contributed by atoms with van der Waals surface area (Å²) in [6, 6.07) is 9.95. The van der Waals surface area contributed by atoms with E-state index in [4.69, 9.17) is 14.2 Å². The van der Waals surface area contributed by atoms with Gasteiger partial charge in [0.05, 0.1) is 12.7 Å². The van der Waals surface area contributed by atoms with Gasteiger partial charge in [-0.1, -0.05) is 48.6 Å². The fourth-order valence-electron chi connectivity index (χ4n) is 2.22. The van der Waals surface area contributed by atoms with Gasteiger partial charge in [0.15, 0.2) is 6.29 Å². The molecule has 3 nitrogen and oxygen atoms in total. The van der Waals surface area contributed by atoms with Crippen LogP contribution in [0.25, 0.3) is 0 Å². The van der Waals surface area contributed by atoms with E-state index in [1.165, 1.54) is 0 Å². The van der Waals surface area contributed by atoms with Gasteiger partial charge in [0.2, 0.25) is 0 Å². The molecule has 1 aromatic carbocycles. The van der Waals surface area contributed by atoms with Crippen LogP contribution in [0.2, 0.25) is 0 Å². The van der Waals surface area contributed by atoms with Crippen molar-refractivity contribution in [1.29, 1.82) is 0 Å². The van der Waals surface area contributed by atoms with Crippen molar-refractivity contribution in [2.75, 3.05) is 6.61 Å². The maximum absolute atomic E-state index is 5.90. The lowest BCUT2D eigenvalue weighted by atomic mass is 10.1. The van der Waals surface area contributed by atoms with E-state index in [0.717, 1.165) is 5.56 Å². The zero-order chi connectivity index (χ0) is 12.4. The van der Waals surface area contributed by atoms with Crippen molar-refractivity contribution in [2.24, 2.45) is 0 Å². The third-order valence-electron chi connectivity index (χ3n) is 3.19. The fourth-order valence-corrected chi connectivity index (χ4v) is 2.22. The molecule has 2 heterocycles. The highest BCUT2D eigenvalue weighted by atomic mass is 16.7. The monoisotopic (exact) mass is 244 g/mol. The molecule has 0 bridgehead atoms. The van der Waals surface area contributed by atoms with Gasteiger partial charge < -0.3 is 14.2 Å². The van der Waals surface area contributed by atoms with Crippen LogP contribution < -0.4 is 0 Å². The average Bonchev–Trinajstić information content (AvgIpc) is 2.47. The predicted octanol–water partition coefficient (Wildman–Crippen LogP) is 2.61. The maximum Gasteiger partial charge on any atom is 0.184 e. The minimum absolute atomic E-state index is 0.0354. The van der Waals surface area contributed by atoms with Gasteiger partial charge in [-0.25, -0.2) is 0 Å². The van der Waals surface area contributed by atoms with Crippen LogP contribution in [0, 0.1) is 0 Å². The first-order chi connectivity index (χ1) is 8.86. The van der Waals surface area contributed by atoms with E-state index >= 15 is 0 Å². The van der Waals surface area contributed by atoms with Gasteiger partial charge in [0, 0.05) is 5.56 Å². The molecule has 4 atom stereocenters. The van der Waals surface area contributed by atoms with Crippen molar-refractivity contribution in [2.45, 2.75) is 24.6 Å². The van der Waals surface area contributed by atoms with Gasteiger partial charge in [-0.3, -0.25) is 0 Å². The third-order valence-corrected chi connectivity index (χ3v) is 3.19. The molecule has 3 heteroatoms. The molecule has 0 spiro atoms. The second-order valence-electron chi connectivity index (χ2n) is 4.44. The topological polar surface area (TPSA) is 27.7 Å². The summed E-state index contributed by atoms with van der Waals surface area (Å²) in [6.07, 6.45) is 5.36. The van der Waals surface area contributed by atoms with Gasteiger partial charge in [-0.15, -0.1) is 6.58 Å². The van der Waals surface area contributed by atoms with Crippen LogP contribution in [0.5, 0.6) is 0 Å². The second kappa shape index (κ2) is 5.06. The number of fused-ring (bicyclic) bond motifs is 1. The quantitative estimate of drug-likeness (QED) is 0.748. The molecule has 2 aliphatic rings. The van der Waals surface area contributed by atoms with Gasteiger partial charge in [0.25, 0.3) is 0 Å². The normalized spacial score (nSPS) is 34.9. The van der Waals surface area contributed by atoms with Crippen LogP contribution in [0.3, 0.4) is 0 Å². The van der Waals surface area contributed by atoms with Crippen molar-refractivity contribution in [3.63, 3.8) is 0 Å². The van der Waals surface area contributed by atoms with Gasteiger partial charge in [-0.2, -0.15) is 0 Å². The van der Waals surface area contributed by atoms with E-state index in [1.807, 2.05) is 42.5 Å². The van der Waals surface area contributed by atoms with Crippen LogP contribution in [0.15, 0.2) is 55.1 Å². The smallest absolute Gasteiger partial charge is 0.184 e. The Morgan fingerprint density at radius 2 is 1.94 bits per heavy atom. The lowest BCUT2D eigenvalue weighted by molar-refractivity contribution is -0.259. The zero-order valence-electron chi connectivity index (χ0n) is 10.1. The van der Waals surface area contributed by atoms with E-state index in [0.29, 0.717) is 6.61 Å². The molecular weight excluding hydrogens is 228 g/mol. The Kier molecular flexibility index (Phi) is 3.28. The summed E-state index contributed by atoms with van der Waals surface area (Å²) in [4.78, 5) is 0. The molecule has 3 rings (SSSR count). The standard InChI is InChI=1S/C15H16O3/c1-2-12-8-9-13-14(17-12)10-16-15(18-13)11-6-4-3-5-7-11/h2-9,12-15H,1,10H2/t12-,13-,14+,15+/m0/s1. The van der Waals surface area contributed by atoms with Crippen LogP contribution in [-0.4, -0.2) is 24.9 Å². The van der Waals surface area contributed by atoms with Gasteiger partial charge in [-0.05, 0) is 0 Å². The maximum atomic E-state index is 5.90. The molecule has 94 valence electrons. The molecule has 18 heavy (non-hydrogen) atoms. The van der Waals surface area contributed by atoms with Crippen molar-refractivity contribution < 1.29 is 14.2 Å². The number of hydrogen-bond donors (Lipinski definition) is 0. The SMILES string of the molecule is C=C[C@H]1C=C[C@@H]2O[C@H](c3ccccc3)OC[C@H]2O1. The molecular formula is C15H16O3. The number of rotatable bonds is 2. The first kappa shape index (κ1) is 11.7. The average molecular weight is 244 g/mol. The Morgan fingerprint density at radius 3 is 2.72 bits per heavy atom. The number of hydrogen-bond acceptors (Lipinski definition) is 3. The Labute approximate surface area is 107 Å². The zero-order valence-corrected chi connectivity index (χ0v) is 10.1. The van der Waals surface area contributed by atoms with Crippen molar-refractivity contribution >= 4 is 0 Å². The Balaban J connectivity index is 1.73. The van der Waals surface area contributed by atoms with E-state index in [-0.39, 0.29) is 24.6 Å². The Morgan fingerprint density at radius 1 is 1.11 bits per heavy atom. The van der Waals surface area contributed by atoms with Crippen molar-refractivity contribution in [3.8, 4) is 0 Å². The van der Waals surface area contributed by atoms with E-state index in [9.17, 15) is 0 Å². The molecule has 0 N–H and O–H groups in total. The summed E-state index contributed by atoms with van der Waals surface area (Å²) in [5, 5.41) is 0. The van der Waals surface area contributed by atoms with Gasteiger partial charge >= 0.3 is 0 Å². The second-order valence-corrected chi connectivity index (χ2v) is 4.44. The Hall–Kier alpha value is -1.42. The van der Waals surface area contributed by atoms with Crippen LogP contribution in [0.4, 0.5) is 0 Å². The lowest BCUT2D eigenvalue weighted by Gasteiger charge is -2.38. The summed E-state index contributed by atoms with van der Waals surface area (Å²) in [7, 11) is 0. The minimum Gasteiger partial charge on any atom is -0.361 e. The van der Waals surface area contributed by atoms with Crippen molar-refractivity contribution in [1.82, 2.24) is 0 Å². The molecule has 0 unspecified atom stereocenters. The Bertz CT molecular complexity index is 440. The molecule has 0 amide bonds. The van der Waals surface area contributed by atoms with Crippen molar-refractivity contribution in [3.05, 3.63) is 60.7 Å². The highest BCUT2D eigenvalue weighted by Gasteiger charge is 2.34. The van der Waals surface area contributed by atoms with Crippen LogP contribution >= 0.6 is 0 Å². The highest BCUT2D eigenvalue weighted by molar-refractivity contribution is 5.17. The predicted molar refractivity (Wildman–Crippen MR) is 68.0 cm³/mol. The largest absolute Gasteiger partial charge is 0.361 e. The minimum atomic E-state index is -0.305. The van der Waals surface area contributed by atoms with E-state index in [2.05, 4.69) is 6.58 Å². The molecule has 0 aliphatic carbocycles. The van der Waals surface area contributed by atoms with Gasteiger partial charge in [0.1, 0.15) is 12.2 Å². The fraction of sp³-hybridized carbons (Fsp3) is 0.333. The summed E-state index contributed by atoms with van der Waals surface area (Å²) >= 11 is 0. The molecule has 1 aromatic rings. The molecule has 2 aliphatic heterocycles. The highest BCUT2D eigenvalue weighted by Crippen LogP contribution is 2.30. The number of benzene rings is 1. The lowest BCUT2D eigenvalue weighted by Crippen LogP contribution is -2.44. The summed E-state index contributed by atoms with van der Waals surface area (Å²) in [5.41, 5.74) is 1.04. The van der Waals surface area contributed by atoms with E-state index in [1.54, 1.807) is 6.08 Å². The third kappa shape index (κ3) is 2.25. The van der Waals surface area contributed by atoms with Crippen LogP contribution in [0.1, 0.15) is 11.9 Å². The summed E-state index contributed by atoms with van der Waals surface area (Å²) < 4.78 is 17.4. The number of ether oxygens (including phenoxy) is 3. The first-order valence-corrected chi connectivity index (χ1v) is 6.15.